The van der Waals surface area contributed by atoms with Gasteiger partial charge in [-0.3, -0.25) is 9.59 Å². The van der Waals surface area contributed by atoms with Gasteiger partial charge in [0.05, 0.1) is 11.3 Å². The number of likely N-dealkylation sites (N-methyl/N-ethyl adjacent to an activating group) is 1. The Balaban J connectivity index is 1.86. The van der Waals surface area contributed by atoms with Crippen molar-refractivity contribution < 1.29 is 9.59 Å². The van der Waals surface area contributed by atoms with E-state index in [1.54, 1.807) is 24.3 Å². The molecule has 1 heterocycles. The second kappa shape index (κ2) is 9.01. The van der Waals surface area contributed by atoms with Crippen LogP contribution < -0.4 is 4.90 Å². The van der Waals surface area contributed by atoms with Crippen molar-refractivity contribution in [3.05, 3.63) is 106 Å². The van der Waals surface area contributed by atoms with Gasteiger partial charge < -0.3 is 4.90 Å². The van der Waals surface area contributed by atoms with Crippen LogP contribution in [0.5, 0.6) is 0 Å². The molecule has 3 aromatic carbocycles. The van der Waals surface area contributed by atoms with Crippen LogP contribution in [0.4, 0.5) is 5.69 Å². The first kappa shape index (κ1) is 21.8. The highest BCUT2D eigenvalue weighted by atomic mass is 35.5. The molecule has 0 bridgehead atoms. The summed E-state index contributed by atoms with van der Waals surface area (Å²) in [6.45, 7) is 6.98. The van der Waals surface area contributed by atoms with E-state index >= 15 is 0 Å². The van der Waals surface area contributed by atoms with Crippen LogP contribution >= 0.6 is 11.6 Å². The number of carbonyl (C=O) groups excluding carboxylic acids is 2. The number of amides is 2. The lowest BCUT2D eigenvalue weighted by Gasteiger charge is -2.25. The normalized spacial score (nSPS) is 13.8. The topological polar surface area (TPSA) is 40.6 Å². The van der Waals surface area contributed by atoms with E-state index in [0.29, 0.717) is 40.6 Å². The van der Waals surface area contributed by atoms with Crippen LogP contribution in [-0.4, -0.2) is 23.3 Å². The number of anilines is 1. The van der Waals surface area contributed by atoms with Gasteiger partial charge in [0.2, 0.25) is 0 Å². The Labute approximate surface area is 193 Å². The third-order valence-electron chi connectivity index (χ3n) is 5.71. The molecule has 1 aliphatic rings. The molecule has 0 saturated heterocycles. The van der Waals surface area contributed by atoms with Gasteiger partial charge in [-0.05, 0) is 61.2 Å². The van der Waals surface area contributed by atoms with Gasteiger partial charge in [0.25, 0.3) is 11.8 Å². The van der Waals surface area contributed by atoms with E-state index in [0.717, 1.165) is 16.7 Å². The van der Waals surface area contributed by atoms with Gasteiger partial charge in [0.1, 0.15) is 5.70 Å². The van der Waals surface area contributed by atoms with Crippen LogP contribution in [0.3, 0.4) is 0 Å². The average molecular weight is 445 g/mol. The van der Waals surface area contributed by atoms with Crippen molar-refractivity contribution >= 4 is 34.7 Å². The smallest absolute Gasteiger partial charge is 0.282 e. The molecule has 0 spiro atoms. The van der Waals surface area contributed by atoms with Crippen LogP contribution in [0.15, 0.2) is 78.5 Å². The molecule has 0 aliphatic carbocycles. The molecule has 0 fully saturated rings. The lowest BCUT2D eigenvalue weighted by atomic mass is 10.0. The minimum absolute atomic E-state index is 0.300. The zero-order valence-corrected chi connectivity index (χ0v) is 19.2. The third-order valence-corrected chi connectivity index (χ3v) is 5.96. The summed E-state index contributed by atoms with van der Waals surface area (Å²) in [6.07, 6.45) is 0. The van der Waals surface area contributed by atoms with Crippen LogP contribution in [0.1, 0.15) is 29.2 Å². The summed E-state index contributed by atoms with van der Waals surface area (Å²) in [4.78, 5) is 30.8. The van der Waals surface area contributed by atoms with Crippen LogP contribution in [0, 0.1) is 13.8 Å². The summed E-state index contributed by atoms with van der Waals surface area (Å²) >= 11 is 6.09. The lowest BCUT2D eigenvalue weighted by molar-refractivity contribution is -0.120. The van der Waals surface area contributed by atoms with Gasteiger partial charge >= 0.3 is 0 Å². The van der Waals surface area contributed by atoms with Crippen LogP contribution in [-0.2, 0) is 16.1 Å². The molecular formula is C27H25ClN2O2. The lowest BCUT2D eigenvalue weighted by Crippen LogP contribution is -2.35. The number of imide groups is 1. The molecule has 4 rings (SSSR count). The summed E-state index contributed by atoms with van der Waals surface area (Å²) in [5, 5.41) is 0.579. The standard InChI is InChI=1S/C27H25ClN2O2/c1-4-29(17-20-8-6-5-7-9-20)25-24(21-12-14-22(28)15-13-21)26(31)30(27(25)32)23-16-18(2)10-11-19(23)3/h5-16H,4,17H2,1-3H3. The zero-order valence-electron chi connectivity index (χ0n) is 18.4. The van der Waals surface area contributed by atoms with Crippen molar-refractivity contribution in [3.8, 4) is 0 Å². The molecule has 162 valence electrons. The first-order valence-corrected chi connectivity index (χ1v) is 11.0. The molecule has 0 aromatic heterocycles. The SMILES string of the molecule is CCN(Cc1ccccc1)C1=C(c2ccc(Cl)cc2)C(=O)N(c2cc(C)ccc2C)C1=O. The molecule has 3 aromatic rings. The Kier molecular flexibility index (Phi) is 6.15. The minimum Gasteiger partial charge on any atom is -0.362 e. The number of nitrogens with zero attached hydrogens (tertiary/aromatic N) is 2. The van der Waals surface area contributed by atoms with E-state index in [4.69, 9.17) is 11.6 Å². The molecule has 5 heteroatoms. The molecule has 32 heavy (non-hydrogen) atoms. The third kappa shape index (κ3) is 4.06. The van der Waals surface area contributed by atoms with Crippen molar-refractivity contribution in [2.24, 2.45) is 0 Å². The number of rotatable bonds is 6. The highest BCUT2D eigenvalue weighted by Gasteiger charge is 2.42. The number of aryl methyl sites for hydroxylation is 2. The Morgan fingerprint density at radius 1 is 0.875 bits per heavy atom. The van der Waals surface area contributed by atoms with Gasteiger partial charge in [-0.2, -0.15) is 0 Å². The maximum atomic E-state index is 13.8. The average Bonchev–Trinajstić information content (AvgIpc) is 3.05. The largest absolute Gasteiger partial charge is 0.362 e. The van der Waals surface area contributed by atoms with Crippen molar-refractivity contribution in [2.45, 2.75) is 27.3 Å². The van der Waals surface area contributed by atoms with Gasteiger partial charge in [-0.15, -0.1) is 0 Å². The van der Waals surface area contributed by atoms with E-state index in [1.165, 1.54) is 4.90 Å². The second-order valence-corrected chi connectivity index (χ2v) is 8.40. The van der Waals surface area contributed by atoms with E-state index in [1.807, 2.05) is 74.2 Å². The summed E-state index contributed by atoms with van der Waals surface area (Å²) < 4.78 is 0. The number of halogens is 1. The van der Waals surface area contributed by atoms with E-state index < -0.39 is 0 Å². The summed E-state index contributed by atoms with van der Waals surface area (Å²) in [5.74, 6) is -0.612. The van der Waals surface area contributed by atoms with Crippen molar-refractivity contribution in [1.82, 2.24) is 4.90 Å². The minimum atomic E-state index is -0.312. The fraction of sp³-hybridized carbons (Fsp3) is 0.185. The highest BCUT2D eigenvalue weighted by Crippen LogP contribution is 2.37. The van der Waals surface area contributed by atoms with Gasteiger partial charge in [-0.1, -0.05) is 66.2 Å². The summed E-state index contributed by atoms with van der Waals surface area (Å²) in [7, 11) is 0. The first-order chi connectivity index (χ1) is 15.4. The molecule has 4 nitrogen and oxygen atoms in total. The maximum Gasteiger partial charge on any atom is 0.282 e. The molecule has 0 atom stereocenters. The molecule has 1 aliphatic heterocycles. The summed E-state index contributed by atoms with van der Waals surface area (Å²) in [5.41, 5.74) is 5.07. The van der Waals surface area contributed by atoms with Crippen molar-refractivity contribution in [3.63, 3.8) is 0 Å². The Bertz CT molecular complexity index is 1200. The molecule has 0 radical (unpaired) electrons. The Morgan fingerprint density at radius 2 is 1.56 bits per heavy atom. The zero-order chi connectivity index (χ0) is 22.8. The molecular weight excluding hydrogens is 420 g/mol. The number of carbonyl (C=O) groups is 2. The predicted octanol–water partition coefficient (Wildman–Crippen LogP) is 5.76. The Morgan fingerprint density at radius 3 is 2.22 bits per heavy atom. The second-order valence-electron chi connectivity index (χ2n) is 7.97. The highest BCUT2D eigenvalue weighted by molar-refractivity contribution is 6.45. The monoisotopic (exact) mass is 444 g/mol. The van der Waals surface area contributed by atoms with E-state index in [2.05, 4.69) is 0 Å². The van der Waals surface area contributed by atoms with Gasteiger partial charge in [0.15, 0.2) is 0 Å². The van der Waals surface area contributed by atoms with Crippen LogP contribution in [0.2, 0.25) is 5.02 Å². The van der Waals surface area contributed by atoms with Crippen molar-refractivity contribution in [1.29, 1.82) is 0 Å². The first-order valence-electron chi connectivity index (χ1n) is 10.7. The van der Waals surface area contributed by atoms with Crippen LogP contribution in [0.25, 0.3) is 5.57 Å². The number of hydrogen-bond acceptors (Lipinski definition) is 3. The quantitative estimate of drug-likeness (QED) is 0.453. The van der Waals surface area contributed by atoms with E-state index in [-0.39, 0.29) is 11.8 Å². The summed E-state index contributed by atoms with van der Waals surface area (Å²) in [6, 6.07) is 22.8. The number of hydrogen-bond donors (Lipinski definition) is 0. The van der Waals surface area contributed by atoms with Crippen molar-refractivity contribution in [2.75, 3.05) is 11.4 Å². The fourth-order valence-electron chi connectivity index (χ4n) is 4.02. The van der Waals surface area contributed by atoms with Gasteiger partial charge in [-0.25, -0.2) is 4.90 Å². The Hall–Kier alpha value is -3.37. The maximum absolute atomic E-state index is 13.8. The molecule has 0 saturated carbocycles. The molecule has 0 unspecified atom stereocenters. The van der Waals surface area contributed by atoms with E-state index in [9.17, 15) is 9.59 Å². The molecule has 0 N–H and O–H groups in total. The molecule has 2 amide bonds. The van der Waals surface area contributed by atoms with Gasteiger partial charge in [0, 0.05) is 18.1 Å². The number of benzene rings is 3. The fourth-order valence-corrected chi connectivity index (χ4v) is 4.15. The predicted molar refractivity (Wildman–Crippen MR) is 129 cm³/mol.